The molecule has 0 aliphatic rings. The summed E-state index contributed by atoms with van der Waals surface area (Å²) in [6.07, 6.45) is 1.49. The van der Waals surface area contributed by atoms with E-state index in [1.165, 1.54) is 17.8 Å². The molecule has 0 spiro atoms. The van der Waals surface area contributed by atoms with Gasteiger partial charge >= 0.3 is 0 Å². The molecule has 5 aromatic rings. The highest BCUT2D eigenvalue weighted by molar-refractivity contribution is 8.00. The van der Waals surface area contributed by atoms with Gasteiger partial charge in [-0.2, -0.15) is 0 Å². The van der Waals surface area contributed by atoms with Crippen LogP contribution in [0.2, 0.25) is 15.1 Å². The average molecular weight is 687 g/mol. The van der Waals surface area contributed by atoms with Gasteiger partial charge in [0.05, 0.1) is 0 Å². The molecule has 3 N–H and O–H groups in total. The Kier molecular flexibility index (Phi) is 11.2. The zero-order valence-electron chi connectivity index (χ0n) is 24.0. The Labute approximate surface area is 285 Å². The summed E-state index contributed by atoms with van der Waals surface area (Å²) in [5.74, 6) is -1.22. The molecule has 0 aromatic heterocycles. The lowest BCUT2D eigenvalue weighted by Crippen LogP contribution is -2.30. The summed E-state index contributed by atoms with van der Waals surface area (Å²) in [6.45, 7) is 0. The SMILES string of the molecule is O=C(Nc1ccc(SC(C(=O)Nc2cccc(Cl)c2)c2ccccc2)cc1)/C(=C/c1ccc(Cl)cc1Cl)NC(=O)c1ccccc1. The van der Waals surface area contributed by atoms with E-state index in [0.717, 1.165) is 10.5 Å². The van der Waals surface area contributed by atoms with E-state index >= 15 is 0 Å². The van der Waals surface area contributed by atoms with Crippen LogP contribution in [-0.2, 0) is 9.59 Å². The van der Waals surface area contributed by atoms with Gasteiger partial charge in [-0.1, -0.05) is 95.5 Å². The number of hydrogen-bond acceptors (Lipinski definition) is 4. The number of benzene rings is 5. The topological polar surface area (TPSA) is 87.3 Å². The van der Waals surface area contributed by atoms with Crippen molar-refractivity contribution < 1.29 is 14.4 Å². The monoisotopic (exact) mass is 685 g/mol. The number of thioether (sulfide) groups is 1. The van der Waals surface area contributed by atoms with Gasteiger partial charge in [0.25, 0.3) is 11.8 Å². The normalized spacial score (nSPS) is 11.8. The smallest absolute Gasteiger partial charge is 0.272 e. The van der Waals surface area contributed by atoms with Gasteiger partial charge in [0.1, 0.15) is 10.9 Å². The van der Waals surface area contributed by atoms with Crippen LogP contribution in [0.15, 0.2) is 138 Å². The maximum Gasteiger partial charge on any atom is 0.272 e. The molecule has 1 atom stereocenters. The van der Waals surface area contributed by atoms with Crippen molar-refractivity contribution in [2.75, 3.05) is 10.6 Å². The molecular formula is C36H26Cl3N3O3S. The van der Waals surface area contributed by atoms with E-state index in [2.05, 4.69) is 16.0 Å². The highest BCUT2D eigenvalue weighted by atomic mass is 35.5. The Balaban J connectivity index is 1.34. The van der Waals surface area contributed by atoms with Crippen LogP contribution in [-0.4, -0.2) is 17.7 Å². The Hall–Kier alpha value is -4.53. The van der Waals surface area contributed by atoms with E-state index in [4.69, 9.17) is 34.8 Å². The van der Waals surface area contributed by atoms with Gasteiger partial charge in [-0.3, -0.25) is 14.4 Å². The first-order valence-corrected chi connectivity index (χ1v) is 16.0. The van der Waals surface area contributed by atoms with Crippen LogP contribution >= 0.6 is 46.6 Å². The second-order valence-corrected chi connectivity index (χ2v) is 12.4. The van der Waals surface area contributed by atoms with Gasteiger partial charge in [0.2, 0.25) is 5.91 Å². The van der Waals surface area contributed by atoms with Gasteiger partial charge in [0.15, 0.2) is 0 Å². The standard InChI is InChI=1S/C36H26Cl3N3O3S/c37-26-12-7-13-29(21-26)41-36(45)33(23-8-3-1-4-9-23)46-30-18-16-28(17-19-30)40-35(44)32(20-25-14-15-27(38)22-31(25)39)42-34(43)24-10-5-2-6-11-24/h1-22,33H,(H,40,44)(H,41,45)(H,42,43)/b32-20-. The second kappa shape index (κ2) is 15.7. The van der Waals surface area contributed by atoms with Crippen molar-refractivity contribution in [2.24, 2.45) is 0 Å². The number of hydrogen-bond donors (Lipinski definition) is 3. The second-order valence-electron chi connectivity index (χ2n) is 9.93. The first kappa shape index (κ1) is 32.9. The van der Waals surface area contributed by atoms with Gasteiger partial charge in [-0.15, -0.1) is 11.8 Å². The van der Waals surface area contributed by atoms with E-state index < -0.39 is 17.1 Å². The number of amides is 3. The van der Waals surface area contributed by atoms with Crippen LogP contribution in [0, 0.1) is 0 Å². The molecule has 0 bridgehead atoms. The molecule has 0 fully saturated rings. The van der Waals surface area contributed by atoms with Crippen molar-refractivity contribution in [1.29, 1.82) is 0 Å². The minimum Gasteiger partial charge on any atom is -0.325 e. The van der Waals surface area contributed by atoms with Crippen LogP contribution in [0.25, 0.3) is 6.08 Å². The molecule has 1 unspecified atom stereocenters. The molecule has 0 aliphatic heterocycles. The van der Waals surface area contributed by atoms with Gasteiger partial charge in [-0.25, -0.2) is 0 Å². The van der Waals surface area contributed by atoms with Crippen molar-refractivity contribution in [3.05, 3.63) is 165 Å². The van der Waals surface area contributed by atoms with Crippen molar-refractivity contribution in [1.82, 2.24) is 5.32 Å². The van der Waals surface area contributed by atoms with E-state index in [0.29, 0.717) is 37.6 Å². The third-order valence-electron chi connectivity index (χ3n) is 6.59. The molecule has 0 radical (unpaired) electrons. The fourth-order valence-electron chi connectivity index (χ4n) is 4.34. The van der Waals surface area contributed by atoms with E-state index in [1.54, 1.807) is 84.9 Å². The molecule has 0 saturated carbocycles. The van der Waals surface area contributed by atoms with Crippen LogP contribution in [0.4, 0.5) is 11.4 Å². The molecule has 0 saturated heterocycles. The molecule has 5 aromatic carbocycles. The zero-order chi connectivity index (χ0) is 32.5. The largest absolute Gasteiger partial charge is 0.325 e. The third kappa shape index (κ3) is 9.02. The Morgan fingerprint density at radius 1 is 0.652 bits per heavy atom. The summed E-state index contributed by atoms with van der Waals surface area (Å²) in [5, 5.41) is 9.19. The molecule has 6 nitrogen and oxygen atoms in total. The van der Waals surface area contributed by atoms with Crippen LogP contribution in [0.5, 0.6) is 0 Å². The Bertz CT molecular complexity index is 1890. The van der Waals surface area contributed by atoms with Crippen molar-refractivity contribution >= 4 is 81.7 Å². The number of nitrogens with one attached hydrogen (secondary N) is 3. The average Bonchev–Trinajstić information content (AvgIpc) is 3.06. The maximum absolute atomic E-state index is 13.5. The summed E-state index contributed by atoms with van der Waals surface area (Å²) >= 11 is 19.9. The minimum absolute atomic E-state index is 0.0154. The predicted molar refractivity (Wildman–Crippen MR) is 189 cm³/mol. The number of halogens is 3. The number of carbonyl (C=O) groups is 3. The van der Waals surface area contributed by atoms with E-state index in [1.807, 2.05) is 42.5 Å². The summed E-state index contributed by atoms with van der Waals surface area (Å²) in [5.41, 5.74) is 2.78. The molecule has 5 rings (SSSR count). The van der Waals surface area contributed by atoms with Crippen LogP contribution < -0.4 is 16.0 Å². The fraction of sp³-hybridized carbons (Fsp3) is 0.0278. The van der Waals surface area contributed by atoms with Gasteiger partial charge in [0, 0.05) is 36.9 Å². The number of anilines is 2. The van der Waals surface area contributed by atoms with Gasteiger partial charge in [-0.05, 0) is 83.9 Å². The van der Waals surface area contributed by atoms with Crippen molar-refractivity contribution in [3.63, 3.8) is 0 Å². The minimum atomic E-state index is -0.563. The van der Waals surface area contributed by atoms with Crippen LogP contribution in [0.3, 0.4) is 0 Å². The first-order chi connectivity index (χ1) is 22.2. The van der Waals surface area contributed by atoms with Crippen LogP contribution in [0.1, 0.15) is 26.7 Å². The molecule has 10 heteroatoms. The Morgan fingerprint density at radius 3 is 2.00 bits per heavy atom. The third-order valence-corrected chi connectivity index (χ3v) is 8.65. The lowest BCUT2D eigenvalue weighted by atomic mass is 10.1. The van der Waals surface area contributed by atoms with Gasteiger partial charge < -0.3 is 16.0 Å². The molecule has 230 valence electrons. The summed E-state index contributed by atoms with van der Waals surface area (Å²) in [4.78, 5) is 40.6. The number of carbonyl (C=O) groups excluding carboxylic acids is 3. The first-order valence-electron chi connectivity index (χ1n) is 14.0. The lowest BCUT2D eigenvalue weighted by Gasteiger charge is -2.18. The predicted octanol–water partition coefficient (Wildman–Crippen LogP) is 9.53. The molecular weight excluding hydrogens is 661 g/mol. The molecule has 0 aliphatic carbocycles. The van der Waals surface area contributed by atoms with E-state index in [9.17, 15) is 14.4 Å². The quantitative estimate of drug-likeness (QED) is 0.101. The molecule has 0 heterocycles. The van der Waals surface area contributed by atoms with Crippen molar-refractivity contribution in [2.45, 2.75) is 10.1 Å². The highest BCUT2D eigenvalue weighted by Crippen LogP contribution is 2.37. The highest BCUT2D eigenvalue weighted by Gasteiger charge is 2.23. The fourth-order valence-corrected chi connectivity index (χ4v) is 6.02. The zero-order valence-corrected chi connectivity index (χ0v) is 27.1. The Morgan fingerprint density at radius 2 is 1.33 bits per heavy atom. The van der Waals surface area contributed by atoms with E-state index in [-0.39, 0.29) is 11.6 Å². The summed E-state index contributed by atoms with van der Waals surface area (Å²) in [6, 6.07) is 36.9. The maximum atomic E-state index is 13.5. The molecule has 3 amide bonds. The van der Waals surface area contributed by atoms with Crippen molar-refractivity contribution in [3.8, 4) is 0 Å². The lowest BCUT2D eigenvalue weighted by molar-refractivity contribution is -0.116. The molecule has 46 heavy (non-hydrogen) atoms. The number of rotatable bonds is 10. The summed E-state index contributed by atoms with van der Waals surface area (Å²) in [7, 11) is 0. The summed E-state index contributed by atoms with van der Waals surface area (Å²) < 4.78 is 0.